The van der Waals surface area contributed by atoms with E-state index >= 15 is 0 Å². The minimum absolute atomic E-state index is 0.0290. The number of amides is 1. The molecule has 1 fully saturated rings. The molecule has 2 heterocycles. The average molecular weight is 396 g/mol. The molecule has 1 unspecified atom stereocenters. The number of carbonyl (C=O) groups excluding carboxylic acids is 1. The molecular weight excluding hydrogens is 368 g/mol. The maximum Gasteiger partial charge on any atom is 0.274 e. The van der Waals surface area contributed by atoms with Gasteiger partial charge in [0.25, 0.3) is 5.91 Å². The Morgan fingerprint density at radius 1 is 1.14 bits per heavy atom. The third kappa shape index (κ3) is 4.53. The van der Waals surface area contributed by atoms with Crippen LogP contribution in [0.25, 0.3) is 0 Å². The van der Waals surface area contributed by atoms with Gasteiger partial charge in [0.1, 0.15) is 11.9 Å². The van der Waals surface area contributed by atoms with E-state index in [2.05, 4.69) is 27.1 Å². The van der Waals surface area contributed by atoms with Crippen LogP contribution in [0.4, 0.5) is 5.69 Å². The Labute approximate surface area is 171 Å². The first-order chi connectivity index (χ1) is 13.9. The van der Waals surface area contributed by atoms with Crippen LogP contribution in [0.1, 0.15) is 42.9 Å². The van der Waals surface area contributed by atoms with E-state index in [4.69, 9.17) is 9.57 Å². The number of fused-ring (bicyclic) bond motifs is 2. The largest absolute Gasteiger partial charge is 0.455 e. The Hall–Kier alpha value is -2.61. The number of anilines is 1. The first-order valence-corrected chi connectivity index (χ1v) is 10.0. The van der Waals surface area contributed by atoms with Crippen LogP contribution < -0.4 is 20.9 Å². The number of carbonyl (C=O) groups is 1. The zero-order chi connectivity index (χ0) is 20.4. The van der Waals surface area contributed by atoms with Gasteiger partial charge in [-0.2, -0.15) is 0 Å². The molecule has 0 aromatic heterocycles. The molecular formula is C22H28N4O3. The summed E-state index contributed by atoms with van der Waals surface area (Å²) in [4.78, 5) is 20.3. The van der Waals surface area contributed by atoms with E-state index in [0.717, 1.165) is 43.2 Å². The minimum Gasteiger partial charge on any atom is -0.455 e. The maximum atomic E-state index is 12.5. The molecule has 7 nitrogen and oxygen atoms in total. The van der Waals surface area contributed by atoms with E-state index in [0.29, 0.717) is 11.3 Å². The average Bonchev–Trinajstić information content (AvgIpc) is 2.88. The van der Waals surface area contributed by atoms with E-state index in [1.54, 1.807) is 6.07 Å². The molecule has 0 radical (unpaired) electrons. The van der Waals surface area contributed by atoms with Crippen molar-refractivity contribution in [3.8, 4) is 11.5 Å². The number of rotatable bonds is 3. The molecule has 2 aliphatic rings. The van der Waals surface area contributed by atoms with Crippen LogP contribution in [0, 0.1) is 0 Å². The summed E-state index contributed by atoms with van der Waals surface area (Å²) in [6.07, 6.45) is -0.0290. The van der Waals surface area contributed by atoms with E-state index in [-0.39, 0.29) is 12.1 Å². The van der Waals surface area contributed by atoms with Crippen molar-refractivity contribution < 1.29 is 14.4 Å². The Kier molecular flexibility index (Phi) is 5.45. The molecule has 7 heteroatoms. The van der Waals surface area contributed by atoms with Crippen molar-refractivity contribution in [1.29, 1.82) is 0 Å². The summed E-state index contributed by atoms with van der Waals surface area (Å²) >= 11 is 0. The topological polar surface area (TPSA) is 74.9 Å². The predicted octanol–water partition coefficient (Wildman–Crippen LogP) is 3.27. The molecule has 1 atom stereocenters. The monoisotopic (exact) mass is 396 g/mol. The predicted molar refractivity (Wildman–Crippen MR) is 112 cm³/mol. The second-order valence-corrected chi connectivity index (χ2v) is 8.33. The Morgan fingerprint density at radius 2 is 1.90 bits per heavy atom. The normalized spacial score (nSPS) is 19.2. The number of benzene rings is 2. The van der Waals surface area contributed by atoms with Crippen molar-refractivity contribution in [3.05, 3.63) is 53.6 Å². The molecule has 2 aromatic carbocycles. The molecule has 0 aliphatic carbocycles. The second-order valence-electron chi connectivity index (χ2n) is 8.33. The minimum atomic E-state index is -0.461. The van der Waals surface area contributed by atoms with E-state index in [1.165, 1.54) is 0 Å². The van der Waals surface area contributed by atoms with Crippen molar-refractivity contribution in [3.63, 3.8) is 0 Å². The number of piperazine rings is 1. The number of hydroxylamine groups is 1. The van der Waals surface area contributed by atoms with Crippen LogP contribution in [0.2, 0.25) is 0 Å². The highest BCUT2D eigenvalue weighted by Gasteiger charge is 2.29. The van der Waals surface area contributed by atoms with Crippen molar-refractivity contribution in [2.24, 2.45) is 0 Å². The number of hydrogen-bond donors (Lipinski definition) is 3. The van der Waals surface area contributed by atoms with Crippen LogP contribution in [0.15, 0.2) is 42.5 Å². The van der Waals surface area contributed by atoms with Crippen LogP contribution in [0.5, 0.6) is 11.5 Å². The van der Waals surface area contributed by atoms with Gasteiger partial charge in [0.2, 0.25) is 0 Å². The van der Waals surface area contributed by atoms with Gasteiger partial charge in [-0.05, 0) is 45.0 Å². The summed E-state index contributed by atoms with van der Waals surface area (Å²) in [5.41, 5.74) is 4.45. The Morgan fingerprint density at radius 3 is 2.66 bits per heavy atom. The molecule has 4 rings (SSSR count). The van der Waals surface area contributed by atoms with Crippen molar-refractivity contribution in [2.45, 2.75) is 32.5 Å². The zero-order valence-corrected chi connectivity index (χ0v) is 17.1. The Balaban J connectivity index is 1.63. The first kappa shape index (κ1) is 19.7. The molecule has 2 aliphatic heterocycles. The standard InChI is InChI=1S/C22H28N4O3/c1-22(2,3)29-25-21(27)15-8-9-19-17(14-15)24-20(26-12-10-23-11-13-26)16-6-4-5-7-18(16)28-19/h4-9,14,20,23-24H,10-13H2,1-3H3,(H,25,27). The van der Waals surface area contributed by atoms with Crippen molar-refractivity contribution >= 4 is 11.6 Å². The molecule has 0 spiro atoms. The lowest BCUT2D eigenvalue weighted by molar-refractivity contribution is -0.0589. The molecule has 2 aromatic rings. The fourth-order valence-electron chi connectivity index (χ4n) is 3.50. The van der Waals surface area contributed by atoms with Gasteiger partial charge < -0.3 is 15.4 Å². The highest BCUT2D eigenvalue weighted by Crippen LogP contribution is 2.41. The van der Waals surface area contributed by atoms with Crippen LogP contribution in [0.3, 0.4) is 0 Å². The third-order valence-corrected chi connectivity index (χ3v) is 4.93. The number of para-hydroxylation sites is 1. The third-order valence-electron chi connectivity index (χ3n) is 4.93. The van der Waals surface area contributed by atoms with Gasteiger partial charge in [-0.15, -0.1) is 0 Å². The van der Waals surface area contributed by atoms with E-state index < -0.39 is 5.60 Å². The van der Waals surface area contributed by atoms with Crippen LogP contribution in [-0.2, 0) is 4.84 Å². The van der Waals surface area contributed by atoms with Gasteiger partial charge in [-0.25, -0.2) is 5.48 Å². The lowest BCUT2D eigenvalue weighted by Gasteiger charge is -2.35. The molecule has 154 valence electrons. The van der Waals surface area contributed by atoms with Gasteiger partial charge >= 0.3 is 0 Å². The highest BCUT2D eigenvalue weighted by molar-refractivity contribution is 5.95. The van der Waals surface area contributed by atoms with Crippen LogP contribution in [-0.4, -0.2) is 42.6 Å². The molecule has 3 N–H and O–H groups in total. The molecule has 1 amide bonds. The fraction of sp³-hybridized carbons (Fsp3) is 0.409. The summed E-state index contributed by atoms with van der Waals surface area (Å²) in [5, 5.41) is 7.00. The van der Waals surface area contributed by atoms with Crippen molar-refractivity contribution in [2.75, 3.05) is 31.5 Å². The number of ether oxygens (including phenoxy) is 1. The number of nitrogens with zero attached hydrogens (tertiary/aromatic N) is 1. The molecule has 0 saturated carbocycles. The van der Waals surface area contributed by atoms with Gasteiger partial charge in [-0.3, -0.25) is 14.5 Å². The summed E-state index contributed by atoms with van der Waals surface area (Å²) in [6.45, 7) is 9.40. The Bertz CT molecular complexity index is 888. The van der Waals surface area contributed by atoms with Crippen molar-refractivity contribution in [1.82, 2.24) is 15.7 Å². The van der Waals surface area contributed by atoms with Gasteiger partial charge in [0, 0.05) is 37.3 Å². The summed E-state index contributed by atoms with van der Waals surface area (Å²) < 4.78 is 6.20. The summed E-state index contributed by atoms with van der Waals surface area (Å²) in [7, 11) is 0. The van der Waals surface area contributed by atoms with Crippen LogP contribution >= 0.6 is 0 Å². The molecule has 0 bridgehead atoms. The molecule has 1 saturated heterocycles. The SMILES string of the molecule is CC(C)(C)ONC(=O)c1ccc2c(c1)NC(N1CCNCC1)c1ccccc1O2. The lowest BCUT2D eigenvalue weighted by atomic mass is 10.1. The number of nitrogens with one attached hydrogen (secondary N) is 3. The molecule has 29 heavy (non-hydrogen) atoms. The van der Waals surface area contributed by atoms with Gasteiger partial charge in [0.05, 0.1) is 11.3 Å². The van der Waals surface area contributed by atoms with E-state index in [9.17, 15) is 4.79 Å². The second kappa shape index (κ2) is 8.02. The maximum absolute atomic E-state index is 12.5. The zero-order valence-electron chi connectivity index (χ0n) is 17.1. The van der Waals surface area contributed by atoms with Gasteiger partial charge in [0.15, 0.2) is 5.75 Å². The summed E-state index contributed by atoms with van der Waals surface area (Å²) in [5.74, 6) is 1.24. The first-order valence-electron chi connectivity index (χ1n) is 10.0. The highest BCUT2D eigenvalue weighted by atomic mass is 16.7. The lowest BCUT2D eigenvalue weighted by Crippen LogP contribution is -2.47. The van der Waals surface area contributed by atoms with E-state index in [1.807, 2.05) is 51.1 Å². The number of hydrogen-bond acceptors (Lipinski definition) is 6. The summed E-state index contributed by atoms with van der Waals surface area (Å²) in [6, 6.07) is 13.5. The smallest absolute Gasteiger partial charge is 0.274 e. The fourth-order valence-corrected chi connectivity index (χ4v) is 3.50. The quantitative estimate of drug-likeness (QED) is 0.692. The van der Waals surface area contributed by atoms with Gasteiger partial charge in [-0.1, -0.05) is 18.2 Å².